The van der Waals surface area contributed by atoms with E-state index in [-0.39, 0.29) is 0 Å². The number of esters is 1. The molecule has 1 amide bonds. The Morgan fingerprint density at radius 2 is 1.41 bits per heavy atom. The Hall–Kier alpha value is -3.17. The Labute approximate surface area is 162 Å². The quantitative estimate of drug-likeness (QED) is 0.565. The van der Waals surface area contributed by atoms with Gasteiger partial charge in [0.1, 0.15) is 18.2 Å². The van der Waals surface area contributed by atoms with Crippen LogP contribution < -0.4 is 5.32 Å². The largest absolute Gasteiger partial charge is 0.464 e. The lowest BCUT2D eigenvalue weighted by molar-refractivity contribution is -0.215. The van der Waals surface area contributed by atoms with E-state index in [2.05, 4.69) is 4.74 Å². The van der Waals surface area contributed by atoms with E-state index in [1.165, 1.54) is 24.4 Å². The lowest BCUT2D eigenvalue weighted by atomic mass is 9.89. The zero-order valence-electron chi connectivity index (χ0n) is 15.1. The second-order valence-electron chi connectivity index (χ2n) is 5.80. The fraction of sp³-hybridized carbons (Fsp3) is 0.263. The third-order valence-corrected chi connectivity index (χ3v) is 3.86. The second-order valence-corrected chi connectivity index (χ2v) is 5.80. The van der Waals surface area contributed by atoms with Crippen molar-refractivity contribution in [3.05, 3.63) is 71.3 Å². The van der Waals surface area contributed by atoms with Crippen molar-refractivity contribution in [2.24, 2.45) is 0 Å². The smallest absolute Gasteiger partial charge is 0.426 e. The summed E-state index contributed by atoms with van der Waals surface area (Å²) < 4.78 is 77.3. The van der Waals surface area contributed by atoms with Gasteiger partial charge in [0.2, 0.25) is 0 Å². The predicted molar refractivity (Wildman–Crippen MR) is 90.5 cm³/mol. The first-order chi connectivity index (χ1) is 13.6. The summed E-state index contributed by atoms with van der Waals surface area (Å²) in [4.78, 5) is 24.4. The standard InChI is InChI=1S/C19H16F5NO4/c1-2-28-16(26)18(19(22,23)24,13-5-9-15(21)10-6-13)25-17(27)29-11-12-3-7-14(20)8-4-12/h3-10H,2,11H2,1H3,(H,25,27). The highest BCUT2D eigenvalue weighted by molar-refractivity contribution is 5.88. The molecule has 2 aromatic rings. The Bertz CT molecular complexity index is 852. The summed E-state index contributed by atoms with van der Waals surface area (Å²) in [7, 11) is 0. The molecule has 0 aliphatic rings. The molecule has 0 spiro atoms. The number of hydrogen-bond donors (Lipinski definition) is 1. The maximum atomic E-state index is 14.0. The lowest BCUT2D eigenvalue weighted by Gasteiger charge is -2.34. The Kier molecular flexibility index (Phi) is 6.78. The van der Waals surface area contributed by atoms with Gasteiger partial charge < -0.3 is 9.47 Å². The number of alkyl carbamates (subject to hydrolysis) is 1. The van der Waals surface area contributed by atoms with Crippen molar-refractivity contribution in [3.63, 3.8) is 0 Å². The number of nitrogens with one attached hydrogen (secondary N) is 1. The zero-order valence-corrected chi connectivity index (χ0v) is 15.1. The first-order valence-electron chi connectivity index (χ1n) is 8.29. The number of carbonyl (C=O) groups is 2. The van der Waals surface area contributed by atoms with E-state index in [1.54, 1.807) is 0 Å². The molecule has 10 heteroatoms. The number of ether oxygens (including phenoxy) is 2. The van der Waals surface area contributed by atoms with E-state index in [4.69, 9.17) is 4.74 Å². The van der Waals surface area contributed by atoms with Crippen LogP contribution in [0, 0.1) is 11.6 Å². The molecule has 0 fully saturated rings. The van der Waals surface area contributed by atoms with Gasteiger partial charge in [-0.2, -0.15) is 13.2 Å². The summed E-state index contributed by atoms with van der Waals surface area (Å²) in [6.45, 7) is 0.410. The summed E-state index contributed by atoms with van der Waals surface area (Å²) in [5.41, 5.74) is -4.07. The number of amides is 1. The van der Waals surface area contributed by atoms with Gasteiger partial charge in [-0.25, -0.2) is 18.4 Å². The normalized spacial score (nSPS) is 13.3. The third-order valence-electron chi connectivity index (χ3n) is 3.86. The monoisotopic (exact) mass is 417 g/mol. The van der Waals surface area contributed by atoms with E-state index < -0.39 is 54.2 Å². The summed E-state index contributed by atoms with van der Waals surface area (Å²) in [6, 6.07) is 7.53. The van der Waals surface area contributed by atoms with Gasteiger partial charge in [-0.05, 0) is 42.3 Å². The van der Waals surface area contributed by atoms with Gasteiger partial charge in [-0.3, -0.25) is 5.32 Å². The van der Waals surface area contributed by atoms with Crippen LogP contribution in [0.1, 0.15) is 18.1 Å². The van der Waals surface area contributed by atoms with Gasteiger partial charge in [0.25, 0.3) is 5.54 Å². The van der Waals surface area contributed by atoms with Crippen LogP contribution in [0.4, 0.5) is 26.7 Å². The highest BCUT2D eigenvalue weighted by atomic mass is 19.4. The number of hydrogen-bond acceptors (Lipinski definition) is 4. The maximum Gasteiger partial charge on any atom is 0.426 e. The molecule has 156 valence electrons. The average Bonchev–Trinajstić information content (AvgIpc) is 2.65. The van der Waals surface area contributed by atoms with Gasteiger partial charge in [0.05, 0.1) is 6.61 Å². The fourth-order valence-corrected chi connectivity index (χ4v) is 2.45. The SMILES string of the molecule is CCOC(=O)C(NC(=O)OCc1ccc(F)cc1)(c1ccc(F)cc1)C(F)(F)F. The molecule has 1 N–H and O–H groups in total. The van der Waals surface area contributed by atoms with E-state index >= 15 is 0 Å². The van der Waals surface area contributed by atoms with Gasteiger partial charge in [-0.1, -0.05) is 24.3 Å². The van der Waals surface area contributed by atoms with Crippen LogP contribution in [0.15, 0.2) is 48.5 Å². The van der Waals surface area contributed by atoms with Crippen molar-refractivity contribution in [1.29, 1.82) is 0 Å². The first-order valence-corrected chi connectivity index (χ1v) is 8.29. The van der Waals surface area contributed by atoms with Crippen LogP contribution in [0.5, 0.6) is 0 Å². The van der Waals surface area contributed by atoms with Crippen molar-refractivity contribution in [1.82, 2.24) is 5.32 Å². The highest BCUT2D eigenvalue weighted by Gasteiger charge is 2.64. The van der Waals surface area contributed by atoms with Crippen molar-refractivity contribution < 1.29 is 41.0 Å². The molecular weight excluding hydrogens is 401 g/mol. The molecule has 0 heterocycles. The van der Waals surface area contributed by atoms with Crippen LogP contribution in [-0.2, 0) is 26.4 Å². The second kappa shape index (κ2) is 8.89. The summed E-state index contributed by atoms with van der Waals surface area (Å²) in [5.74, 6) is -3.20. The van der Waals surface area contributed by atoms with E-state index in [1.807, 2.05) is 0 Å². The number of carbonyl (C=O) groups excluding carboxylic acids is 2. The Morgan fingerprint density at radius 3 is 1.90 bits per heavy atom. The fourth-order valence-electron chi connectivity index (χ4n) is 2.45. The molecule has 0 saturated heterocycles. The van der Waals surface area contributed by atoms with E-state index in [0.717, 1.165) is 12.1 Å². The molecule has 0 bridgehead atoms. The van der Waals surface area contributed by atoms with Gasteiger partial charge in [-0.15, -0.1) is 0 Å². The average molecular weight is 417 g/mol. The zero-order chi connectivity index (χ0) is 21.7. The van der Waals surface area contributed by atoms with Crippen molar-refractivity contribution in [2.45, 2.75) is 25.2 Å². The molecule has 0 radical (unpaired) electrons. The van der Waals surface area contributed by atoms with Gasteiger partial charge in [0.15, 0.2) is 0 Å². The van der Waals surface area contributed by atoms with Crippen molar-refractivity contribution in [2.75, 3.05) is 6.61 Å². The predicted octanol–water partition coefficient (Wildman–Crippen LogP) is 4.21. The number of alkyl halides is 3. The molecular formula is C19H16F5NO4. The van der Waals surface area contributed by atoms with Crippen LogP contribution in [0.3, 0.4) is 0 Å². The molecule has 0 aliphatic heterocycles. The summed E-state index contributed by atoms with van der Waals surface area (Å²) in [5, 5.41) is 1.52. The lowest BCUT2D eigenvalue weighted by Crippen LogP contribution is -2.62. The maximum absolute atomic E-state index is 14.0. The number of benzene rings is 2. The van der Waals surface area contributed by atoms with Crippen LogP contribution >= 0.6 is 0 Å². The minimum atomic E-state index is -5.34. The molecule has 0 aromatic heterocycles. The molecule has 0 saturated carbocycles. The third kappa shape index (κ3) is 5.01. The van der Waals surface area contributed by atoms with Crippen LogP contribution in [0.25, 0.3) is 0 Å². The molecule has 2 aromatic carbocycles. The Balaban J connectivity index is 2.35. The number of rotatable bonds is 6. The van der Waals surface area contributed by atoms with Crippen molar-refractivity contribution >= 4 is 12.1 Å². The summed E-state index contributed by atoms with van der Waals surface area (Å²) >= 11 is 0. The number of halogens is 5. The molecule has 0 aliphatic carbocycles. The first kappa shape index (κ1) is 22.1. The summed E-state index contributed by atoms with van der Waals surface area (Å²) in [6.07, 6.45) is -6.92. The molecule has 29 heavy (non-hydrogen) atoms. The van der Waals surface area contributed by atoms with Gasteiger partial charge in [0, 0.05) is 0 Å². The van der Waals surface area contributed by atoms with Gasteiger partial charge >= 0.3 is 18.2 Å². The van der Waals surface area contributed by atoms with Crippen LogP contribution in [0.2, 0.25) is 0 Å². The van der Waals surface area contributed by atoms with Crippen LogP contribution in [-0.4, -0.2) is 24.8 Å². The molecule has 2 rings (SSSR count). The molecule has 1 unspecified atom stereocenters. The van der Waals surface area contributed by atoms with E-state index in [9.17, 15) is 31.5 Å². The van der Waals surface area contributed by atoms with Crippen molar-refractivity contribution in [3.8, 4) is 0 Å². The molecule has 1 atom stereocenters. The minimum absolute atomic E-state index is 0.303. The highest BCUT2D eigenvalue weighted by Crippen LogP contribution is 2.40. The topological polar surface area (TPSA) is 64.6 Å². The van der Waals surface area contributed by atoms with E-state index in [0.29, 0.717) is 29.8 Å². The minimum Gasteiger partial charge on any atom is -0.464 e. The Morgan fingerprint density at radius 1 is 0.897 bits per heavy atom. The molecule has 5 nitrogen and oxygen atoms in total.